The van der Waals surface area contributed by atoms with Crippen LogP contribution in [-0.4, -0.2) is 74.4 Å². The highest BCUT2D eigenvalue weighted by atomic mass is 16.7. The molecule has 8 nitrogen and oxygen atoms in total. The van der Waals surface area contributed by atoms with Crippen LogP contribution >= 0.6 is 0 Å². The number of carbonyl (C=O) groups is 1. The second-order valence-corrected chi connectivity index (χ2v) is 12.1. The lowest BCUT2D eigenvalue weighted by atomic mass is 9.45. The fourth-order valence-electron chi connectivity index (χ4n) is 8.67. The number of carboxylic acids is 1. The fourth-order valence-corrected chi connectivity index (χ4v) is 8.67. The highest BCUT2D eigenvalue weighted by Crippen LogP contribution is 2.66. The van der Waals surface area contributed by atoms with Gasteiger partial charge in [0.2, 0.25) is 0 Å². The molecule has 0 spiro atoms. The van der Waals surface area contributed by atoms with E-state index in [1.165, 1.54) is 12.8 Å². The van der Waals surface area contributed by atoms with Gasteiger partial charge in [-0.25, -0.2) is 4.79 Å². The third-order valence-electron chi connectivity index (χ3n) is 10.7. The molecule has 5 fully saturated rings. The van der Waals surface area contributed by atoms with Crippen LogP contribution < -0.4 is 0 Å². The van der Waals surface area contributed by atoms with Gasteiger partial charge in [0.15, 0.2) is 12.4 Å². The number of fused-ring (bicyclic) bond motifs is 5. The van der Waals surface area contributed by atoms with Gasteiger partial charge in [-0.15, -0.1) is 0 Å². The second-order valence-electron chi connectivity index (χ2n) is 12.1. The normalized spacial score (nSPS) is 56.5. The summed E-state index contributed by atoms with van der Waals surface area (Å²) in [6.45, 7) is 4.74. The molecule has 5 aliphatic rings. The maximum atomic E-state index is 11.4. The van der Waals surface area contributed by atoms with Crippen LogP contribution in [0.1, 0.15) is 71.6 Å². The van der Waals surface area contributed by atoms with Gasteiger partial charge in [-0.2, -0.15) is 0 Å². The summed E-state index contributed by atoms with van der Waals surface area (Å²) in [6, 6.07) is 0. The second kappa shape index (κ2) is 8.42. The Morgan fingerprint density at radius 2 is 1.55 bits per heavy atom. The molecule has 4 aliphatic carbocycles. The van der Waals surface area contributed by atoms with Crippen molar-refractivity contribution >= 4 is 5.97 Å². The summed E-state index contributed by atoms with van der Waals surface area (Å²) >= 11 is 0. The van der Waals surface area contributed by atoms with Gasteiger partial charge in [-0.1, -0.05) is 13.8 Å². The van der Waals surface area contributed by atoms with Crippen LogP contribution in [-0.2, 0) is 14.3 Å². The first-order valence-corrected chi connectivity index (χ1v) is 12.8. The molecule has 1 aliphatic heterocycles. The summed E-state index contributed by atoms with van der Waals surface area (Å²) in [5.41, 5.74) is 0.300. The Hall–Kier alpha value is -0.770. The lowest BCUT2D eigenvalue weighted by Crippen LogP contribution is -2.61. The molecule has 0 aromatic carbocycles. The topological polar surface area (TPSA) is 137 Å². The SMILES string of the molecule is C[C@]12CCC(OC3O[C@H](C(=O)O)[C@@H](O)[C@H](O)[C@H]3O)CC1CC[C@@H]1[C@@H]2CC[C@]2(C)C(O)CC[C@@H]12. The Kier molecular flexibility index (Phi) is 6.11. The number of aliphatic hydroxyl groups excluding tert-OH is 4. The van der Waals surface area contributed by atoms with E-state index in [2.05, 4.69) is 13.8 Å². The minimum atomic E-state index is -1.70. The lowest BCUT2D eigenvalue weighted by Gasteiger charge is -2.61. The Bertz CT molecular complexity index is 761. The predicted molar refractivity (Wildman–Crippen MR) is 117 cm³/mol. The molecule has 1 heterocycles. The molecular formula is C25H40O8. The minimum Gasteiger partial charge on any atom is -0.479 e. The monoisotopic (exact) mass is 468 g/mol. The first-order chi connectivity index (χ1) is 15.6. The third kappa shape index (κ3) is 3.67. The van der Waals surface area contributed by atoms with E-state index < -0.39 is 36.7 Å². The van der Waals surface area contributed by atoms with Crippen molar-refractivity contribution in [1.82, 2.24) is 0 Å². The number of aliphatic hydroxyl groups is 4. The average Bonchev–Trinajstić information content (AvgIpc) is 3.08. The molecule has 33 heavy (non-hydrogen) atoms. The van der Waals surface area contributed by atoms with E-state index >= 15 is 0 Å². The van der Waals surface area contributed by atoms with Crippen LogP contribution in [0.3, 0.4) is 0 Å². The van der Waals surface area contributed by atoms with Crippen LogP contribution in [0.2, 0.25) is 0 Å². The summed E-state index contributed by atoms with van der Waals surface area (Å²) in [5.74, 6) is 1.05. The molecule has 5 rings (SSSR count). The molecule has 13 atom stereocenters. The number of rotatable bonds is 3. The van der Waals surface area contributed by atoms with Gasteiger partial charge in [0.05, 0.1) is 12.2 Å². The van der Waals surface area contributed by atoms with Crippen LogP contribution in [0.25, 0.3) is 0 Å². The zero-order chi connectivity index (χ0) is 23.7. The Morgan fingerprint density at radius 1 is 0.848 bits per heavy atom. The summed E-state index contributed by atoms with van der Waals surface area (Å²) in [7, 11) is 0. The molecule has 5 N–H and O–H groups in total. The summed E-state index contributed by atoms with van der Waals surface area (Å²) in [6.07, 6.45) is 1.19. The zero-order valence-electron chi connectivity index (χ0n) is 19.7. The molecule has 188 valence electrons. The Morgan fingerprint density at radius 3 is 2.27 bits per heavy atom. The first-order valence-electron chi connectivity index (χ1n) is 12.8. The van der Waals surface area contributed by atoms with Crippen molar-refractivity contribution in [2.45, 2.75) is 115 Å². The van der Waals surface area contributed by atoms with Crippen LogP contribution in [0.4, 0.5) is 0 Å². The van der Waals surface area contributed by atoms with Crippen LogP contribution in [0.15, 0.2) is 0 Å². The molecule has 0 amide bonds. The minimum absolute atomic E-state index is 0.0746. The number of hydrogen-bond acceptors (Lipinski definition) is 7. The van der Waals surface area contributed by atoms with Gasteiger partial charge in [-0.3, -0.25) is 0 Å². The smallest absolute Gasteiger partial charge is 0.335 e. The summed E-state index contributed by atoms with van der Waals surface area (Å²) in [5, 5.41) is 50.3. The summed E-state index contributed by atoms with van der Waals surface area (Å²) in [4.78, 5) is 11.4. The van der Waals surface area contributed by atoms with Crippen molar-refractivity contribution in [3.63, 3.8) is 0 Å². The molecule has 1 saturated heterocycles. The highest BCUT2D eigenvalue weighted by Gasteiger charge is 2.60. The van der Waals surface area contributed by atoms with Gasteiger partial charge in [0, 0.05) is 0 Å². The van der Waals surface area contributed by atoms with Crippen molar-refractivity contribution in [2.75, 3.05) is 0 Å². The van der Waals surface area contributed by atoms with E-state index in [1.807, 2.05) is 0 Å². The maximum Gasteiger partial charge on any atom is 0.335 e. The van der Waals surface area contributed by atoms with E-state index in [-0.39, 0.29) is 23.0 Å². The predicted octanol–water partition coefficient (Wildman–Crippen LogP) is 1.67. The maximum absolute atomic E-state index is 11.4. The molecule has 4 unspecified atom stereocenters. The van der Waals surface area contributed by atoms with Crippen molar-refractivity contribution in [3.05, 3.63) is 0 Å². The van der Waals surface area contributed by atoms with Crippen molar-refractivity contribution < 1.29 is 39.8 Å². The van der Waals surface area contributed by atoms with E-state index in [9.17, 15) is 30.3 Å². The standard InChI is InChI=1S/C25H40O8/c1-24-9-7-13(32-23-20(29)18(27)19(28)21(33-23)22(30)31)11-12(24)3-4-14-15-5-6-17(26)25(15,2)10-8-16(14)24/h12-21,23,26-29H,3-11H2,1-2H3,(H,30,31)/t12?,13?,14-,15-,16-,17?,18-,19-,20+,21-,23?,24-,25-/m0/s1. The van der Waals surface area contributed by atoms with Crippen molar-refractivity contribution in [3.8, 4) is 0 Å². The molecule has 0 bridgehead atoms. The van der Waals surface area contributed by atoms with Crippen molar-refractivity contribution in [2.24, 2.45) is 34.5 Å². The largest absolute Gasteiger partial charge is 0.479 e. The molecule has 4 saturated carbocycles. The van der Waals surface area contributed by atoms with Crippen LogP contribution in [0, 0.1) is 34.5 Å². The van der Waals surface area contributed by atoms with E-state index in [4.69, 9.17) is 9.47 Å². The first kappa shape index (κ1) is 23.9. The van der Waals surface area contributed by atoms with Gasteiger partial charge in [-0.05, 0) is 92.3 Å². The lowest BCUT2D eigenvalue weighted by molar-refractivity contribution is -0.309. The van der Waals surface area contributed by atoms with Gasteiger partial charge >= 0.3 is 5.97 Å². The third-order valence-corrected chi connectivity index (χ3v) is 10.7. The number of aliphatic carboxylic acids is 1. The molecule has 8 heteroatoms. The highest BCUT2D eigenvalue weighted by molar-refractivity contribution is 5.73. The van der Waals surface area contributed by atoms with Gasteiger partial charge < -0.3 is 35.0 Å². The van der Waals surface area contributed by atoms with Crippen molar-refractivity contribution in [1.29, 1.82) is 0 Å². The quantitative estimate of drug-likeness (QED) is 0.395. The Labute approximate surface area is 195 Å². The average molecular weight is 469 g/mol. The number of ether oxygens (including phenoxy) is 2. The summed E-state index contributed by atoms with van der Waals surface area (Å²) < 4.78 is 11.4. The molecule has 0 aromatic heterocycles. The van der Waals surface area contributed by atoms with E-state index in [0.29, 0.717) is 23.7 Å². The Balaban J connectivity index is 1.26. The number of hydrogen-bond donors (Lipinski definition) is 5. The fraction of sp³-hybridized carbons (Fsp3) is 0.960. The molecule has 0 aromatic rings. The van der Waals surface area contributed by atoms with E-state index in [1.54, 1.807) is 0 Å². The van der Waals surface area contributed by atoms with E-state index in [0.717, 1.165) is 44.9 Å². The molecule has 0 radical (unpaired) electrons. The van der Waals surface area contributed by atoms with Gasteiger partial charge in [0.1, 0.15) is 18.3 Å². The molecular weight excluding hydrogens is 428 g/mol. The van der Waals surface area contributed by atoms with Crippen LogP contribution in [0.5, 0.6) is 0 Å². The van der Waals surface area contributed by atoms with Gasteiger partial charge in [0.25, 0.3) is 0 Å². The number of carboxylic acid groups (broad SMARTS) is 1. The zero-order valence-corrected chi connectivity index (χ0v) is 19.7.